The Morgan fingerprint density at radius 3 is 2.67 bits per heavy atom. The number of ether oxygens (including phenoxy) is 1. The van der Waals surface area contributed by atoms with Gasteiger partial charge in [0.1, 0.15) is 6.10 Å². The van der Waals surface area contributed by atoms with Gasteiger partial charge in [-0.3, -0.25) is 9.78 Å². The Balaban J connectivity index is 1.39. The van der Waals surface area contributed by atoms with Gasteiger partial charge in [0, 0.05) is 30.1 Å². The standard InChI is InChI=1S/C25H25ClN2O2/c26-22-11-5-4-9-20(22)17-21-10-6-12-23(27-21)24-18-28(15-16-30-24)25(29)14-13-19-7-2-1-3-8-19/h1-12,24H,13-18H2. The molecule has 4 nitrogen and oxygen atoms in total. The Morgan fingerprint density at radius 1 is 1.03 bits per heavy atom. The third kappa shape index (κ3) is 5.26. The minimum Gasteiger partial charge on any atom is -0.368 e. The summed E-state index contributed by atoms with van der Waals surface area (Å²) in [6.07, 6.45) is 1.73. The number of hydrogen-bond acceptors (Lipinski definition) is 3. The van der Waals surface area contributed by atoms with Gasteiger partial charge in [0.05, 0.1) is 18.8 Å². The highest BCUT2D eigenvalue weighted by Gasteiger charge is 2.26. The number of carbonyl (C=O) groups is 1. The zero-order valence-electron chi connectivity index (χ0n) is 16.8. The van der Waals surface area contributed by atoms with E-state index < -0.39 is 0 Å². The van der Waals surface area contributed by atoms with Gasteiger partial charge in [0.2, 0.25) is 5.91 Å². The van der Waals surface area contributed by atoms with E-state index in [0.717, 1.165) is 28.4 Å². The monoisotopic (exact) mass is 420 g/mol. The van der Waals surface area contributed by atoms with Crippen LogP contribution in [0.1, 0.15) is 35.0 Å². The average molecular weight is 421 g/mol. The van der Waals surface area contributed by atoms with Gasteiger partial charge >= 0.3 is 0 Å². The van der Waals surface area contributed by atoms with Crippen molar-refractivity contribution < 1.29 is 9.53 Å². The molecule has 0 aliphatic carbocycles. The fraction of sp³-hybridized carbons (Fsp3) is 0.280. The van der Waals surface area contributed by atoms with E-state index in [1.807, 2.05) is 65.6 Å². The van der Waals surface area contributed by atoms with Crippen LogP contribution in [0.4, 0.5) is 0 Å². The smallest absolute Gasteiger partial charge is 0.223 e. The zero-order chi connectivity index (χ0) is 20.8. The second-order valence-electron chi connectivity index (χ2n) is 7.51. The van der Waals surface area contributed by atoms with E-state index in [-0.39, 0.29) is 12.0 Å². The van der Waals surface area contributed by atoms with Gasteiger partial charge < -0.3 is 9.64 Å². The number of morpholine rings is 1. The number of halogens is 1. The molecule has 154 valence electrons. The SMILES string of the molecule is O=C(CCc1ccccc1)N1CCOC(c2cccc(Cc3ccccc3Cl)n2)C1. The molecule has 1 unspecified atom stereocenters. The van der Waals surface area contributed by atoms with E-state index >= 15 is 0 Å². The van der Waals surface area contributed by atoms with Gasteiger partial charge in [0.25, 0.3) is 0 Å². The summed E-state index contributed by atoms with van der Waals surface area (Å²) in [6.45, 7) is 1.69. The minimum atomic E-state index is -0.203. The van der Waals surface area contributed by atoms with E-state index in [9.17, 15) is 4.79 Å². The molecule has 0 spiro atoms. The van der Waals surface area contributed by atoms with Gasteiger partial charge in [-0.05, 0) is 35.7 Å². The third-order valence-corrected chi connectivity index (χ3v) is 5.75. The van der Waals surface area contributed by atoms with Crippen LogP contribution < -0.4 is 0 Å². The van der Waals surface area contributed by atoms with Crippen molar-refractivity contribution in [2.75, 3.05) is 19.7 Å². The second kappa shape index (κ2) is 9.88. The predicted octanol–water partition coefficient (Wildman–Crippen LogP) is 4.86. The van der Waals surface area contributed by atoms with Crippen molar-refractivity contribution in [3.63, 3.8) is 0 Å². The fourth-order valence-corrected chi connectivity index (χ4v) is 3.92. The molecule has 1 aromatic heterocycles. The summed E-state index contributed by atoms with van der Waals surface area (Å²) < 4.78 is 5.95. The number of rotatable bonds is 6. The van der Waals surface area contributed by atoms with Crippen molar-refractivity contribution in [2.45, 2.75) is 25.4 Å². The maximum atomic E-state index is 12.7. The molecule has 0 radical (unpaired) electrons. The van der Waals surface area contributed by atoms with Gasteiger partial charge in [-0.2, -0.15) is 0 Å². The summed E-state index contributed by atoms with van der Waals surface area (Å²) in [5.41, 5.74) is 4.03. The molecule has 0 N–H and O–H groups in total. The lowest BCUT2D eigenvalue weighted by molar-refractivity contribution is -0.139. The number of nitrogens with zero attached hydrogens (tertiary/aromatic N) is 2. The van der Waals surface area contributed by atoms with Crippen molar-refractivity contribution in [2.24, 2.45) is 0 Å². The molecule has 30 heavy (non-hydrogen) atoms. The highest BCUT2D eigenvalue weighted by Crippen LogP contribution is 2.23. The fourth-order valence-electron chi connectivity index (χ4n) is 3.72. The first-order valence-electron chi connectivity index (χ1n) is 10.3. The zero-order valence-corrected chi connectivity index (χ0v) is 17.6. The molecular formula is C25H25ClN2O2. The van der Waals surface area contributed by atoms with E-state index in [4.69, 9.17) is 21.3 Å². The average Bonchev–Trinajstić information content (AvgIpc) is 2.80. The Bertz CT molecular complexity index is 993. The Hall–Kier alpha value is -2.69. The molecule has 2 heterocycles. The number of aromatic nitrogens is 1. The van der Waals surface area contributed by atoms with E-state index in [1.165, 1.54) is 5.56 Å². The second-order valence-corrected chi connectivity index (χ2v) is 7.91. The number of pyridine rings is 1. The molecule has 3 aromatic rings. The quantitative estimate of drug-likeness (QED) is 0.572. The van der Waals surface area contributed by atoms with Crippen molar-refractivity contribution in [3.8, 4) is 0 Å². The maximum Gasteiger partial charge on any atom is 0.223 e. The summed E-state index contributed by atoms with van der Waals surface area (Å²) in [4.78, 5) is 19.4. The molecule has 1 amide bonds. The molecule has 1 aliphatic heterocycles. The molecule has 5 heteroatoms. The first-order valence-corrected chi connectivity index (χ1v) is 10.7. The molecule has 1 aliphatic rings. The van der Waals surface area contributed by atoms with Crippen LogP contribution in [0, 0.1) is 0 Å². The van der Waals surface area contributed by atoms with Gasteiger partial charge in [-0.25, -0.2) is 0 Å². The minimum absolute atomic E-state index is 0.166. The Labute approximate surface area is 182 Å². The Kier molecular flexibility index (Phi) is 6.77. The molecule has 0 saturated carbocycles. The lowest BCUT2D eigenvalue weighted by Crippen LogP contribution is -2.42. The van der Waals surface area contributed by atoms with Crippen LogP contribution in [0.2, 0.25) is 5.02 Å². The van der Waals surface area contributed by atoms with Crippen LogP contribution in [-0.4, -0.2) is 35.5 Å². The number of amides is 1. The summed E-state index contributed by atoms with van der Waals surface area (Å²) >= 11 is 6.29. The van der Waals surface area contributed by atoms with Crippen LogP contribution in [-0.2, 0) is 22.4 Å². The lowest BCUT2D eigenvalue weighted by Gasteiger charge is -2.33. The van der Waals surface area contributed by atoms with Crippen LogP contribution in [0.3, 0.4) is 0 Å². The molecule has 0 bridgehead atoms. The third-order valence-electron chi connectivity index (χ3n) is 5.38. The molecule has 1 atom stereocenters. The molecule has 1 fully saturated rings. The van der Waals surface area contributed by atoms with Crippen molar-refractivity contribution in [1.82, 2.24) is 9.88 Å². The first-order chi connectivity index (χ1) is 14.7. The van der Waals surface area contributed by atoms with E-state index in [1.54, 1.807) is 0 Å². The van der Waals surface area contributed by atoms with Gasteiger partial charge in [0.15, 0.2) is 0 Å². The predicted molar refractivity (Wildman–Crippen MR) is 119 cm³/mol. The molecule has 1 saturated heterocycles. The van der Waals surface area contributed by atoms with Crippen molar-refractivity contribution in [3.05, 3.63) is 100 Å². The largest absolute Gasteiger partial charge is 0.368 e. The number of hydrogen-bond donors (Lipinski definition) is 0. The molecular weight excluding hydrogens is 396 g/mol. The van der Waals surface area contributed by atoms with Crippen LogP contribution in [0.5, 0.6) is 0 Å². The molecule has 4 rings (SSSR count). The number of carbonyl (C=O) groups excluding carboxylic acids is 1. The molecule has 2 aromatic carbocycles. The van der Waals surface area contributed by atoms with Crippen LogP contribution in [0.25, 0.3) is 0 Å². The van der Waals surface area contributed by atoms with Crippen LogP contribution in [0.15, 0.2) is 72.8 Å². The van der Waals surface area contributed by atoms with Gasteiger partial charge in [-0.15, -0.1) is 0 Å². The van der Waals surface area contributed by atoms with Crippen molar-refractivity contribution >= 4 is 17.5 Å². The first kappa shape index (κ1) is 20.6. The summed E-state index contributed by atoms with van der Waals surface area (Å²) in [5.74, 6) is 0.166. The number of benzene rings is 2. The van der Waals surface area contributed by atoms with Crippen LogP contribution >= 0.6 is 11.6 Å². The van der Waals surface area contributed by atoms with E-state index in [2.05, 4.69) is 12.1 Å². The maximum absolute atomic E-state index is 12.7. The lowest BCUT2D eigenvalue weighted by atomic mass is 10.1. The van der Waals surface area contributed by atoms with Crippen molar-refractivity contribution in [1.29, 1.82) is 0 Å². The number of aryl methyl sites for hydroxylation is 1. The van der Waals surface area contributed by atoms with Gasteiger partial charge in [-0.1, -0.05) is 66.2 Å². The summed E-state index contributed by atoms with van der Waals surface area (Å²) in [6, 6.07) is 23.9. The highest BCUT2D eigenvalue weighted by atomic mass is 35.5. The Morgan fingerprint density at radius 2 is 1.83 bits per heavy atom. The normalized spacial score (nSPS) is 16.4. The summed E-state index contributed by atoms with van der Waals surface area (Å²) in [7, 11) is 0. The summed E-state index contributed by atoms with van der Waals surface area (Å²) in [5, 5.41) is 0.744. The topological polar surface area (TPSA) is 42.4 Å². The van der Waals surface area contributed by atoms with E-state index in [0.29, 0.717) is 32.5 Å². The highest BCUT2D eigenvalue weighted by molar-refractivity contribution is 6.31.